The molecule has 0 aliphatic heterocycles. The number of benzene rings is 7. The van der Waals surface area contributed by atoms with Crippen molar-refractivity contribution in [1.29, 1.82) is 0 Å². The van der Waals surface area contributed by atoms with E-state index in [1.807, 2.05) is 42.5 Å². The van der Waals surface area contributed by atoms with Gasteiger partial charge >= 0.3 is 0 Å². The van der Waals surface area contributed by atoms with Gasteiger partial charge in [-0.2, -0.15) is 0 Å². The van der Waals surface area contributed by atoms with E-state index in [-0.39, 0.29) is 0 Å². The summed E-state index contributed by atoms with van der Waals surface area (Å²) in [7, 11) is 0. The van der Waals surface area contributed by atoms with Crippen molar-refractivity contribution in [2.75, 3.05) is 5.32 Å². The zero-order chi connectivity index (χ0) is 31.9. The number of hydrogen-bond acceptors (Lipinski definition) is 3. The van der Waals surface area contributed by atoms with Gasteiger partial charge in [-0.1, -0.05) is 121 Å². The molecular formula is C44H30N4. The lowest BCUT2D eigenvalue weighted by atomic mass is 10.00. The first kappa shape index (κ1) is 27.8. The highest BCUT2D eigenvalue weighted by atomic mass is 15.0. The van der Waals surface area contributed by atoms with Crippen molar-refractivity contribution in [1.82, 2.24) is 14.5 Å². The SMILES string of the molecule is c1ccc(-c2cc3c4ccccc4n(-c4ccccc4)c3cc2Nc2ccc(-c3nc4ccccc4nc3-c3ccccc3)cc2)cc1. The Labute approximate surface area is 278 Å². The molecule has 7 aromatic carbocycles. The number of nitrogens with one attached hydrogen (secondary N) is 1. The maximum Gasteiger partial charge on any atom is 0.0973 e. The molecule has 2 aromatic heterocycles. The van der Waals surface area contributed by atoms with Gasteiger partial charge in [0.25, 0.3) is 0 Å². The lowest BCUT2D eigenvalue weighted by molar-refractivity contribution is 1.18. The van der Waals surface area contributed by atoms with E-state index in [0.29, 0.717) is 0 Å². The summed E-state index contributed by atoms with van der Waals surface area (Å²) in [4.78, 5) is 10.2. The predicted octanol–water partition coefficient (Wildman–Crippen LogP) is 11.5. The first-order valence-electron chi connectivity index (χ1n) is 16.2. The van der Waals surface area contributed by atoms with Crippen molar-refractivity contribution in [3.8, 4) is 39.3 Å². The first-order chi connectivity index (χ1) is 23.8. The van der Waals surface area contributed by atoms with Gasteiger partial charge in [0.05, 0.1) is 33.5 Å². The maximum absolute atomic E-state index is 5.10. The third-order valence-corrected chi connectivity index (χ3v) is 8.97. The van der Waals surface area contributed by atoms with Gasteiger partial charge in [0.15, 0.2) is 0 Å². The third kappa shape index (κ3) is 4.88. The van der Waals surface area contributed by atoms with Crippen LogP contribution in [0.3, 0.4) is 0 Å². The summed E-state index contributed by atoms with van der Waals surface area (Å²) >= 11 is 0. The van der Waals surface area contributed by atoms with Gasteiger partial charge in [-0.25, -0.2) is 9.97 Å². The smallest absolute Gasteiger partial charge is 0.0973 e. The maximum atomic E-state index is 5.10. The Morgan fingerprint density at radius 3 is 1.62 bits per heavy atom. The van der Waals surface area contributed by atoms with E-state index >= 15 is 0 Å². The molecule has 0 atom stereocenters. The van der Waals surface area contributed by atoms with Gasteiger partial charge < -0.3 is 9.88 Å². The average Bonchev–Trinajstić information content (AvgIpc) is 3.48. The van der Waals surface area contributed by atoms with Crippen LogP contribution >= 0.6 is 0 Å². The van der Waals surface area contributed by atoms with Gasteiger partial charge in [0, 0.05) is 44.5 Å². The second-order valence-electron chi connectivity index (χ2n) is 11.9. The van der Waals surface area contributed by atoms with Crippen LogP contribution in [0.4, 0.5) is 11.4 Å². The molecule has 0 saturated carbocycles. The summed E-state index contributed by atoms with van der Waals surface area (Å²) in [6.07, 6.45) is 0. The van der Waals surface area contributed by atoms with Crippen LogP contribution < -0.4 is 5.32 Å². The number of fused-ring (bicyclic) bond motifs is 4. The number of aromatic nitrogens is 3. The third-order valence-electron chi connectivity index (χ3n) is 8.97. The van der Waals surface area contributed by atoms with E-state index in [2.05, 4.69) is 143 Å². The highest BCUT2D eigenvalue weighted by Crippen LogP contribution is 2.40. The molecule has 0 amide bonds. The fourth-order valence-corrected chi connectivity index (χ4v) is 6.70. The van der Waals surface area contributed by atoms with E-state index in [9.17, 15) is 0 Å². The van der Waals surface area contributed by atoms with Crippen LogP contribution in [-0.4, -0.2) is 14.5 Å². The van der Waals surface area contributed by atoms with E-state index in [4.69, 9.17) is 9.97 Å². The van der Waals surface area contributed by atoms with Gasteiger partial charge in [-0.05, 0) is 60.2 Å². The first-order valence-corrected chi connectivity index (χ1v) is 16.2. The van der Waals surface area contributed by atoms with Crippen molar-refractivity contribution in [3.05, 3.63) is 176 Å². The summed E-state index contributed by atoms with van der Waals surface area (Å²) in [5.74, 6) is 0. The van der Waals surface area contributed by atoms with Crippen LogP contribution in [0.2, 0.25) is 0 Å². The van der Waals surface area contributed by atoms with Crippen molar-refractivity contribution in [3.63, 3.8) is 0 Å². The van der Waals surface area contributed by atoms with E-state index < -0.39 is 0 Å². The van der Waals surface area contributed by atoms with Gasteiger partial charge in [0.2, 0.25) is 0 Å². The van der Waals surface area contributed by atoms with Crippen LogP contribution in [0.15, 0.2) is 176 Å². The summed E-state index contributed by atoms with van der Waals surface area (Å²) in [5.41, 5.74) is 13.4. The van der Waals surface area contributed by atoms with Crippen molar-refractivity contribution >= 4 is 44.2 Å². The quantitative estimate of drug-likeness (QED) is 0.203. The molecule has 0 fully saturated rings. The van der Waals surface area contributed by atoms with Crippen LogP contribution in [0.5, 0.6) is 0 Å². The Morgan fingerprint density at radius 1 is 0.417 bits per heavy atom. The Bertz CT molecular complexity index is 2560. The molecule has 48 heavy (non-hydrogen) atoms. The molecule has 0 spiro atoms. The van der Waals surface area contributed by atoms with E-state index in [1.54, 1.807) is 0 Å². The second kappa shape index (κ2) is 11.7. The average molecular weight is 615 g/mol. The van der Waals surface area contributed by atoms with Crippen LogP contribution in [0.25, 0.3) is 72.2 Å². The van der Waals surface area contributed by atoms with Crippen LogP contribution in [-0.2, 0) is 0 Å². The standard InChI is InChI=1S/C44H30N4/c1-4-14-30(15-5-1)36-28-37-35-20-10-13-23-41(35)48(34-18-8-3-9-19-34)42(37)29-40(36)45-33-26-24-32(25-27-33)44-43(31-16-6-2-7-17-31)46-38-21-11-12-22-39(38)47-44/h1-29,45H. The minimum Gasteiger partial charge on any atom is -0.355 e. The molecule has 0 saturated heterocycles. The second-order valence-corrected chi connectivity index (χ2v) is 11.9. The molecule has 2 heterocycles. The Balaban J connectivity index is 1.18. The van der Waals surface area contributed by atoms with Gasteiger partial charge in [-0.3, -0.25) is 0 Å². The molecule has 4 heteroatoms. The summed E-state index contributed by atoms with van der Waals surface area (Å²) in [5, 5.41) is 6.24. The number of para-hydroxylation sites is 4. The Hall–Kier alpha value is -6.52. The lowest BCUT2D eigenvalue weighted by Crippen LogP contribution is -1.98. The molecule has 9 aromatic rings. The Morgan fingerprint density at radius 2 is 0.958 bits per heavy atom. The van der Waals surface area contributed by atoms with Gasteiger partial charge in [-0.15, -0.1) is 0 Å². The van der Waals surface area contributed by atoms with E-state index in [1.165, 1.54) is 16.3 Å². The minimum absolute atomic E-state index is 0.866. The van der Waals surface area contributed by atoms with Crippen molar-refractivity contribution in [2.24, 2.45) is 0 Å². The highest BCUT2D eigenvalue weighted by molar-refractivity contribution is 6.12. The fourth-order valence-electron chi connectivity index (χ4n) is 6.70. The molecule has 9 rings (SSSR count). The molecule has 0 radical (unpaired) electrons. The molecule has 0 aliphatic carbocycles. The summed E-state index contributed by atoms with van der Waals surface area (Å²) in [6.45, 7) is 0. The number of hydrogen-bond donors (Lipinski definition) is 1. The van der Waals surface area contributed by atoms with Crippen molar-refractivity contribution < 1.29 is 0 Å². The molecule has 0 unspecified atom stereocenters. The zero-order valence-electron chi connectivity index (χ0n) is 26.1. The topological polar surface area (TPSA) is 42.7 Å². The number of nitrogens with zero attached hydrogens (tertiary/aromatic N) is 3. The minimum atomic E-state index is 0.866. The van der Waals surface area contributed by atoms with Crippen LogP contribution in [0, 0.1) is 0 Å². The molecule has 226 valence electrons. The monoisotopic (exact) mass is 614 g/mol. The molecule has 1 N–H and O–H groups in total. The highest BCUT2D eigenvalue weighted by Gasteiger charge is 2.17. The van der Waals surface area contributed by atoms with Crippen LogP contribution in [0.1, 0.15) is 0 Å². The van der Waals surface area contributed by atoms with Gasteiger partial charge in [0.1, 0.15) is 0 Å². The van der Waals surface area contributed by atoms with E-state index in [0.717, 1.165) is 67.3 Å². The lowest BCUT2D eigenvalue weighted by Gasteiger charge is -2.16. The number of anilines is 2. The molecule has 0 aliphatic rings. The number of rotatable bonds is 6. The zero-order valence-corrected chi connectivity index (χ0v) is 26.1. The Kier molecular flexibility index (Phi) is 6.76. The fraction of sp³-hybridized carbons (Fsp3) is 0. The largest absolute Gasteiger partial charge is 0.355 e. The summed E-state index contributed by atoms with van der Waals surface area (Å²) in [6, 6.07) is 61.4. The van der Waals surface area contributed by atoms with Crippen molar-refractivity contribution in [2.45, 2.75) is 0 Å². The molecular weight excluding hydrogens is 585 g/mol. The summed E-state index contributed by atoms with van der Waals surface area (Å²) < 4.78 is 2.36. The predicted molar refractivity (Wildman–Crippen MR) is 200 cm³/mol. The normalized spacial score (nSPS) is 11.3. The molecule has 4 nitrogen and oxygen atoms in total. The molecule has 0 bridgehead atoms.